The topological polar surface area (TPSA) is 79.7 Å². The van der Waals surface area contributed by atoms with E-state index in [4.69, 9.17) is 4.98 Å². The lowest BCUT2D eigenvalue weighted by Crippen LogP contribution is -2.20. The summed E-state index contributed by atoms with van der Waals surface area (Å²) < 4.78 is 18.2. The highest BCUT2D eigenvalue weighted by Crippen LogP contribution is 2.45. The maximum absolute atomic E-state index is 13.6. The van der Waals surface area contributed by atoms with Crippen molar-refractivity contribution < 1.29 is 24.1 Å². The first-order chi connectivity index (χ1) is 15.5. The molecule has 1 aliphatic carbocycles. The molecule has 1 aromatic heterocycles. The van der Waals surface area contributed by atoms with Crippen LogP contribution in [-0.2, 0) is 9.53 Å². The number of nitrogens with zero attached hydrogens (tertiary/aromatic N) is 1. The zero-order chi connectivity index (χ0) is 22.7. The van der Waals surface area contributed by atoms with E-state index in [1.165, 1.54) is 19.2 Å². The van der Waals surface area contributed by atoms with Crippen LogP contribution < -0.4 is 0 Å². The summed E-state index contributed by atoms with van der Waals surface area (Å²) >= 11 is 0. The molecule has 32 heavy (non-hydrogen) atoms. The average Bonchev–Trinajstić information content (AvgIpc) is 3.62. The maximum Gasteiger partial charge on any atom is 0.308 e. The van der Waals surface area contributed by atoms with Crippen molar-refractivity contribution in [1.29, 1.82) is 0 Å². The zero-order valence-electron chi connectivity index (χ0n) is 17.9. The van der Waals surface area contributed by atoms with Crippen LogP contribution in [0.2, 0.25) is 0 Å². The van der Waals surface area contributed by atoms with E-state index in [9.17, 15) is 19.4 Å². The second-order valence-electron chi connectivity index (χ2n) is 8.18. The van der Waals surface area contributed by atoms with Crippen LogP contribution >= 0.6 is 0 Å². The SMILES string of the molecule is COC(=O)CC(O)CC(O)/C=C/c1c(C2CC2)nc2ccccc2c1-c1ccc(F)cc1. The van der Waals surface area contributed by atoms with Crippen LogP contribution in [0.25, 0.3) is 28.1 Å². The van der Waals surface area contributed by atoms with Crippen molar-refractivity contribution in [2.45, 2.75) is 43.8 Å². The molecule has 0 saturated heterocycles. The number of hydrogen-bond acceptors (Lipinski definition) is 5. The highest BCUT2D eigenvalue weighted by atomic mass is 19.1. The standard InChI is InChI=1S/C26H26FNO4/c1-32-24(31)15-20(30)14-19(29)12-13-22-25(16-8-10-18(27)11-9-16)21-4-2-3-5-23(21)28-26(22)17-6-7-17/h2-5,8-13,17,19-20,29-30H,6-7,14-15H2,1H3/b13-12+. The molecule has 166 valence electrons. The van der Waals surface area contributed by atoms with Gasteiger partial charge in [-0.15, -0.1) is 0 Å². The molecule has 6 heteroatoms. The van der Waals surface area contributed by atoms with Gasteiger partial charge < -0.3 is 14.9 Å². The summed E-state index contributed by atoms with van der Waals surface area (Å²) in [7, 11) is 1.26. The summed E-state index contributed by atoms with van der Waals surface area (Å²) in [4.78, 5) is 16.3. The molecule has 4 rings (SSSR count). The molecule has 2 unspecified atom stereocenters. The molecule has 1 aliphatic rings. The lowest BCUT2D eigenvalue weighted by molar-refractivity contribution is -0.143. The van der Waals surface area contributed by atoms with Crippen molar-refractivity contribution in [2.75, 3.05) is 7.11 Å². The summed E-state index contributed by atoms with van der Waals surface area (Å²) in [5, 5.41) is 21.4. The number of rotatable bonds is 8. The average molecular weight is 435 g/mol. The van der Waals surface area contributed by atoms with E-state index >= 15 is 0 Å². The summed E-state index contributed by atoms with van der Waals surface area (Å²) in [6.45, 7) is 0. The largest absolute Gasteiger partial charge is 0.469 e. The summed E-state index contributed by atoms with van der Waals surface area (Å²) in [6, 6.07) is 14.2. The number of esters is 1. The smallest absolute Gasteiger partial charge is 0.308 e. The van der Waals surface area contributed by atoms with Gasteiger partial charge in [0.2, 0.25) is 0 Å². The first kappa shape index (κ1) is 22.1. The Hall–Kier alpha value is -3.09. The molecule has 2 aromatic carbocycles. The fourth-order valence-corrected chi connectivity index (χ4v) is 3.93. The third-order valence-corrected chi connectivity index (χ3v) is 5.69. The number of ether oxygens (including phenoxy) is 1. The van der Waals surface area contributed by atoms with Gasteiger partial charge in [0.1, 0.15) is 5.82 Å². The monoisotopic (exact) mass is 435 g/mol. The Bertz CT molecular complexity index is 1140. The quantitative estimate of drug-likeness (QED) is 0.505. The van der Waals surface area contributed by atoms with Crippen molar-refractivity contribution in [1.82, 2.24) is 4.98 Å². The van der Waals surface area contributed by atoms with E-state index in [2.05, 4.69) is 4.74 Å². The van der Waals surface area contributed by atoms with Crippen LogP contribution in [0.4, 0.5) is 4.39 Å². The molecule has 2 atom stereocenters. The van der Waals surface area contributed by atoms with Gasteiger partial charge >= 0.3 is 5.97 Å². The number of halogens is 1. The highest BCUT2D eigenvalue weighted by Gasteiger charge is 2.29. The van der Waals surface area contributed by atoms with E-state index in [0.29, 0.717) is 5.92 Å². The minimum Gasteiger partial charge on any atom is -0.469 e. The number of carbonyl (C=O) groups excluding carboxylic acids is 1. The minimum absolute atomic E-state index is 0.0112. The number of aliphatic hydroxyl groups is 2. The lowest BCUT2D eigenvalue weighted by Gasteiger charge is -2.16. The van der Waals surface area contributed by atoms with E-state index in [-0.39, 0.29) is 18.7 Å². The molecule has 1 heterocycles. The van der Waals surface area contributed by atoms with Gasteiger partial charge in [-0.25, -0.2) is 4.39 Å². The third-order valence-electron chi connectivity index (χ3n) is 5.69. The van der Waals surface area contributed by atoms with Crippen LogP contribution in [0.3, 0.4) is 0 Å². The minimum atomic E-state index is -1.00. The number of aromatic nitrogens is 1. The maximum atomic E-state index is 13.6. The molecule has 5 nitrogen and oxygen atoms in total. The Morgan fingerprint density at radius 1 is 1.19 bits per heavy atom. The van der Waals surface area contributed by atoms with Gasteiger partial charge in [0, 0.05) is 28.9 Å². The van der Waals surface area contributed by atoms with Gasteiger partial charge in [0.05, 0.1) is 36.9 Å². The number of hydrogen-bond donors (Lipinski definition) is 2. The molecule has 3 aromatic rings. The summed E-state index contributed by atoms with van der Waals surface area (Å²) in [5.74, 6) is -0.482. The number of benzene rings is 2. The molecule has 0 aliphatic heterocycles. The number of pyridine rings is 1. The van der Waals surface area contributed by atoms with Crippen molar-refractivity contribution in [2.24, 2.45) is 0 Å². The Balaban J connectivity index is 1.75. The van der Waals surface area contributed by atoms with Gasteiger partial charge in [-0.3, -0.25) is 9.78 Å². The van der Waals surface area contributed by atoms with Crippen LogP contribution in [0, 0.1) is 5.82 Å². The first-order valence-corrected chi connectivity index (χ1v) is 10.8. The number of carbonyl (C=O) groups is 1. The third kappa shape index (κ3) is 5.03. The second-order valence-corrected chi connectivity index (χ2v) is 8.18. The second kappa shape index (κ2) is 9.59. The van der Waals surface area contributed by atoms with E-state index in [1.807, 2.05) is 30.3 Å². The number of fused-ring (bicyclic) bond motifs is 1. The van der Waals surface area contributed by atoms with Crippen molar-refractivity contribution in [3.05, 3.63) is 71.7 Å². The van der Waals surface area contributed by atoms with Crippen LogP contribution in [0.15, 0.2) is 54.6 Å². The van der Waals surface area contributed by atoms with Gasteiger partial charge in [-0.1, -0.05) is 42.5 Å². The molecule has 1 fully saturated rings. The number of methoxy groups -OCH3 is 1. The fourth-order valence-electron chi connectivity index (χ4n) is 3.93. The van der Waals surface area contributed by atoms with Crippen LogP contribution in [-0.4, -0.2) is 40.5 Å². The Morgan fingerprint density at radius 3 is 2.59 bits per heavy atom. The molecular formula is C26H26FNO4. The molecular weight excluding hydrogens is 409 g/mol. The van der Waals surface area contributed by atoms with E-state index in [0.717, 1.165) is 46.1 Å². The molecule has 0 bridgehead atoms. The van der Waals surface area contributed by atoms with Gasteiger partial charge in [-0.05, 0) is 36.6 Å². The van der Waals surface area contributed by atoms with Crippen molar-refractivity contribution in [3.8, 4) is 11.1 Å². The fraction of sp³-hybridized carbons (Fsp3) is 0.308. The van der Waals surface area contributed by atoms with Crippen molar-refractivity contribution >= 4 is 22.9 Å². The van der Waals surface area contributed by atoms with E-state index in [1.54, 1.807) is 18.2 Å². The van der Waals surface area contributed by atoms with Crippen molar-refractivity contribution in [3.63, 3.8) is 0 Å². The van der Waals surface area contributed by atoms with Crippen LogP contribution in [0.5, 0.6) is 0 Å². The summed E-state index contributed by atoms with van der Waals surface area (Å²) in [6.07, 6.45) is 3.44. The molecule has 0 amide bonds. The first-order valence-electron chi connectivity index (χ1n) is 10.8. The number of aliphatic hydroxyl groups excluding tert-OH is 2. The molecule has 2 N–H and O–H groups in total. The summed E-state index contributed by atoms with van der Waals surface area (Å²) in [5.41, 5.74) is 4.53. The predicted octanol–water partition coefficient (Wildman–Crippen LogP) is 4.61. The molecule has 0 radical (unpaired) electrons. The highest BCUT2D eigenvalue weighted by molar-refractivity contribution is 5.99. The van der Waals surface area contributed by atoms with Crippen LogP contribution in [0.1, 0.15) is 42.9 Å². The predicted molar refractivity (Wildman–Crippen MR) is 121 cm³/mol. The van der Waals surface area contributed by atoms with E-state index < -0.39 is 18.2 Å². The molecule has 1 saturated carbocycles. The zero-order valence-corrected chi connectivity index (χ0v) is 17.9. The Morgan fingerprint density at radius 2 is 1.91 bits per heavy atom. The Kier molecular flexibility index (Phi) is 6.63. The number of para-hydroxylation sites is 1. The van der Waals surface area contributed by atoms with Gasteiger partial charge in [0.15, 0.2) is 0 Å². The lowest BCUT2D eigenvalue weighted by atomic mass is 9.92. The molecule has 0 spiro atoms. The Labute approximate surface area is 186 Å². The normalized spacial score (nSPS) is 15.8. The van der Waals surface area contributed by atoms with Gasteiger partial charge in [-0.2, -0.15) is 0 Å². The van der Waals surface area contributed by atoms with Gasteiger partial charge in [0.25, 0.3) is 0 Å².